The minimum absolute atomic E-state index is 0.122. The molecule has 2 N–H and O–H groups in total. The number of aryl methyl sites for hydroxylation is 1. The molecule has 98 valence electrons. The van der Waals surface area contributed by atoms with E-state index in [-0.39, 0.29) is 18.0 Å². The third kappa shape index (κ3) is 1.44. The molecule has 0 unspecified atom stereocenters. The van der Waals surface area contributed by atoms with Crippen molar-refractivity contribution in [2.75, 3.05) is 0 Å². The van der Waals surface area contributed by atoms with Gasteiger partial charge in [0.1, 0.15) is 17.5 Å². The molecular weight excluding hydrogens is 228 g/mol. The fourth-order valence-corrected chi connectivity index (χ4v) is 3.35. The largest absolute Gasteiger partial charge is 0.508 e. The highest BCUT2D eigenvalue weighted by Crippen LogP contribution is 2.55. The Kier molecular flexibility index (Phi) is 2.32. The summed E-state index contributed by atoms with van der Waals surface area (Å²) in [4.78, 5) is 0. The first kappa shape index (κ1) is 12.0. The lowest BCUT2D eigenvalue weighted by atomic mass is 9.70. The SMILES string of the molecule is Cc1cc2c(cc1O)[C@](C)(O)[C@H]1O[C@@H]1[C@@H]2C(C)C. The standard InChI is InChI=1S/C15H20O3/c1-7(2)12-9-5-8(3)11(16)6-10(9)15(4,17)14-13(12)18-14/h5-7,12-14,16-17H,1-4H3/t12-,13-,14+,15+/m1/s1. The summed E-state index contributed by atoms with van der Waals surface area (Å²) in [5, 5.41) is 20.5. The maximum Gasteiger partial charge on any atom is 0.118 e. The van der Waals surface area contributed by atoms with Crippen molar-refractivity contribution in [3.05, 3.63) is 28.8 Å². The Labute approximate surface area is 107 Å². The summed E-state index contributed by atoms with van der Waals surface area (Å²) in [6.45, 7) is 8.02. The van der Waals surface area contributed by atoms with E-state index in [1.165, 1.54) is 0 Å². The number of benzene rings is 1. The van der Waals surface area contributed by atoms with Crippen LogP contribution in [-0.4, -0.2) is 22.4 Å². The molecule has 3 nitrogen and oxygen atoms in total. The van der Waals surface area contributed by atoms with Crippen LogP contribution in [-0.2, 0) is 10.3 Å². The molecular formula is C15H20O3. The van der Waals surface area contributed by atoms with Crippen LogP contribution in [0.2, 0.25) is 0 Å². The fourth-order valence-electron chi connectivity index (χ4n) is 3.35. The number of aliphatic hydroxyl groups is 1. The molecule has 0 radical (unpaired) electrons. The van der Waals surface area contributed by atoms with Gasteiger partial charge in [-0.15, -0.1) is 0 Å². The minimum atomic E-state index is -0.990. The van der Waals surface area contributed by atoms with E-state index >= 15 is 0 Å². The van der Waals surface area contributed by atoms with E-state index in [9.17, 15) is 10.2 Å². The number of hydrogen-bond donors (Lipinski definition) is 2. The fraction of sp³-hybridized carbons (Fsp3) is 0.600. The number of rotatable bonds is 1. The molecule has 1 aromatic carbocycles. The van der Waals surface area contributed by atoms with Gasteiger partial charge in [-0.1, -0.05) is 19.9 Å². The van der Waals surface area contributed by atoms with Crippen molar-refractivity contribution in [3.8, 4) is 5.75 Å². The smallest absolute Gasteiger partial charge is 0.118 e. The number of ether oxygens (including phenoxy) is 1. The zero-order valence-electron chi connectivity index (χ0n) is 11.3. The Morgan fingerprint density at radius 3 is 2.61 bits per heavy atom. The van der Waals surface area contributed by atoms with E-state index in [2.05, 4.69) is 13.8 Å². The van der Waals surface area contributed by atoms with Crippen molar-refractivity contribution >= 4 is 0 Å². The van der Waals surface area contributed by atoms with Crippen molar-refractivity contribution in [2.24, 2.45) is 5.92 Å². The number of hydrogen-bond acceptors (Lipinski definition) is 3. The monoisotopic (exact) mass is 248 g/mol. The predicted octanol–water partition coefficient (Wildman–Crippen LogP) is 2.43. The molecule has 0 amide bonds. The lowest BCUT2D eigenvalue weighted by molar-refractivity contribution is 0.0233. The summed E-state index contributed by atoms with van der Waals surface area (Å²) in [5.41, 5.74) is 1.82. The molecule has 1 aliphatic heterocycles. The van der Waals surface area contributed by atoms with Crippen molar-refractivity contribution in [1.29, 1.82) is 0 Å². The second-order valence-electron chi connectivity index (χ2n) is 6.16. The predicted molar refractivity (Wildman–Crippen MR) is 68.7 cm³/mol. The van der Waals surface area contributed by atoms with Gasteiger partial charge in [0.25, 0.3) is 0 Å². The zero-order chi connectivity index (χ0) is 13.2. The Morgan fingerprint density at radius 1 is 1.33 bits per heavy atom. The summed E-state index contributed by atoms with van der Waals surface area (Å²) in [5.74, 6) is 1.01. The van der Waals surface area contributed by atoms with Crippen LogP contribution in [0.25, 0.3) is 0 Å². The summed E-state index contributed by atoms with van der Waals surface area (Å²) in [7, 11) is 0. The lowest BCUT2D eigenvalue weighted by Crippen LogP contribution is -2.38. The number of phenolic OH excluding ortho intramolecular Hbond substituents is 1. The molecule has 0 saturated carbocycles. The summed E-state index contributed by atoms with van der Waals surface area (Å²) < 4.78 is 5.70. The van der Waals surface area contributed by atoms with Gasteiger partial charge in [0.2, 0.25) is 0 Å². The molecule has 4 atom stereocenters. The number of aromatic hydroxyl groups is 1. The average Bonchev–Trinajstić information content (AvgIpc) is 3.02. The van der Waals surface area contributed by atoms with Gasteiger partial charge in [0, 0.05) is 5.92 Å². The summed E-state index contributed by atoms with van der Waals surface area (Å²) >= 11 is 0. The molecule has 3 rings (SSSR count). The Morgan fingerprint density at radius 2 is 2.00 bits per heavy atom. The Bertz CT molecular complexity index is 505. The maximum absolute atomic E-state index is 10.6. The van der Waals surface area contributed by atoms with Gasteiger partial charge in [-0.2, -0.15) is 0 Å². The number of phenols is 1. The Balaban J connectivity index is 2.21. The van der Waals surface area contributed by atoms with Gasteiger partial charge in [0.05, 0.1) is 6.10 Å². The third-order valence-corrected chi connectivity index (χ3v) is 4.42. The zero-order valence-corrected chi connectivity index (χ0v) is 11.3. The lowest BCUT2D eigenvalue weighted by Gasteiger charge is -2.34. The van der Waals surface area contributed by atoms with E-state index in [0.717, 1.165) is 16.7 Å². The summed E-state index contributed by atoms with van der Waals surface area (Å²) in [6, 6.07) is 3.71. The van der Waals surface area contributed by atoms with Gasteiger partial charge >= 0.3 is 0 Å². The van der Waals surface area contributed by atoms with Crippen LogP contribution in [0.15, 0.2) is 12.1 Å². The molecule has 1 fully saturated rings. The van der Waals surface area contributed by atoms with E-state index in [1.54, 1.807) is 13.0 Å². The second kappa shape index (κ2) is 3.49. The normalized spacial score (nSPS) is 37.3. The highest BCUT2D eigenvalue weighted by Gasteiger charge is 2.61. The van der Waals surface area contributed by atoms with Crippen molar-refractivity contribution in [2.45, 2.75) is 51.4 Å². The van der Waals surface area contributed by atoms with Gasteiger partial charge < -0.3 is 14.9 Å². The minimum Gasteiger partial charge on any atom is -0.508 e. The van der Waals surface area contributed by atoms with Gasteiger partial charge in [-0.05, 0) is 42.5 Å². The van der Waals surface area contributed by atoms with Crippen LogP contribution >= 0.6 is 0 Å². The van der Waals surface area contributed by atoms with E-state index in [1.807, 2.05) is 13.0 Å². The van der Waals surface area contributed by atoms with E-state index < -0.39 is 5.60 Å². The average molecular weight is 248 g/mol. The second-order valence-corrected chi connectivity index (χ2v) is 6.16. The third-order valence-electron chi connectivity index (χ3n) is 4.42. The van der Waals surface area contributed by atoms with Gasteiger partial charge in [-0.25, -0.2) is 0 Å². The molecule has 1 aromatic rings. The molecule has 1 saturated heterocycles. The molecule has 0 spiro atoms. The first-order valence-electron chi connectivity index (χ1n) is 6.56. The van der Waals surface area contributed by atoms with Gasteiger partial charge in [-0.3, -0.25) is 0 Å². The molecule has 18 heavy (non-hydrogen) atoms. The first-order chi connectivity index (χ1) is 8.34. The molecule has 2 aliphatic rings. The number of epoxide rings is 1. The van der Waals surface area contributed by atoms with Crippen molar-refractivity contribution in [3.63, 3.8) is 0 Å². The van der Waals surface area contributed by atoms with Gasteiger partial charge in [0.15, 0.2) is 0 Å². The molecule has 3 heteroatoms. The van der Waals surface area contributed by atoms with Crippen LogP contribution in [0.5, 0.6) is 5.75 Å². The molecule has 0 aromatic heterocycles. The highest BCUT2D eigenvalue weighted by atomic mass is 16.6. The van der Waals surface area contributed by atoms with Crippen LogP contribution < -0.4 is 0 Å². The highest BCUT2D eigenvalue weighted by molar-refractivity contribution is 5.50. The van der Waals surface area contributed by atoms with Crippen LogP contribution in [0.1, 0.15) is 43.4 Å². The topological polar surface area (TPSA) is 53.0 Å². The quantitative estimate of drug-likeness (QED) is 0.750. The van der Waals surface area contributed by atoms with Crippen LogP contribution in [0.3, 0.4) is 0 Å². The van der Waals surface area contributed by atoms with Crippen molar-refractivity contribution in [1.82, 2.24) is 0 Å². The Hall–Kier alpha value is -1.06. The molecule has 1 aliphatic carbocycles. The van der Waals surface area contributed by atoms with E-state index in [4.69, 9.17) is 4.74 Å². The van der Waals surface area contributed by atoms with Crippen LogP contribution in [0, 0.1) is 12.8 Å². The molecule has 1 heterocycles. The molecule has 0 bridgehead atoms. The summed E-state index contributed by atoms with van der Waals surface area (Å²) in [6.07, 6.45) is -0.00375. The van der Waals surface area contributed by atoms with Crippen LogP contribution in [0.4, 0.5) is 0 Å². The first-order valence-corrected chi connectivity index (χ1v) is 6.56. The number of fused-ring (bicyclic) bond motifs is 2. The van der Waals surface area contributed by atoms with Crippen molar-refractivity contribution < 1.29 is 14.9 Å². The van der Waals surface area contributed by atoms with E-state index in [0.29, 0.717) is 11.8 Å². The maximum atomic E-state index is 10.6.